The fourth-order valence-corrected chi connectivity index (χ4v) is 4.24. The Morgan fingerprint density at radius 1 is 0.828 bits per heavy atom. The smallest absolute Gasteiger partial charge is 0.232 e. The molecule has 0 saturated carbocycles. The van der Waals surface area contributed by atoms with Crippen LogP contribution in [0.3, 0.4) is 0 Å². The van der Waals surface area contributed by atoms with Gasteiger partial charge >= 0.3 is 0 Å². The molecule has 1 aromatic heterocycles. The van der Waals surface area contributed by atoms with Crippen LogP contribution in [-0.2, 0) is 5.41 Å². The molecule has 146 valence electrons. The summed E-state index contributed by atoms with van der Waals surface area (Å²) in [5, 5.41) is 5.09. The second-order valence-corrected chi connectivity index (χ2v) is 7.64. The molecule has 0 spiro atoms. The van der Waals surface area contributed by atoms with E-state index in [2.05, 4.69) is 98.3 Å². The van der Waals surface area contributed by atoms with Crippen molar-refractivity contribution in [3.63, 3.8) is 0 Å². The first-order chi connectivity index (χ1) is 14.2. The molecule has 1 atom stereocenters. The number of hydrogen-bond acceptors (Lipinski definition) is 2. The zero-order valence-corrected chi connectivity index (χ0v) is 17.4. The average Bonchev–Trinajstić information content (AvgIpc) is 3.18. The topological polar surface area (TPSA) is 28.3 Å². The molecule has 4 rings (SSSR count). The van der Waals surface area contributed by atoms with Gasteiger partial charge in [0.05, 0.1) is 16.8 Å². The lowest BCUT2D eigenvalue weighted by molar-refractivity contribution is -0.527. The quantitative estimate of drug-likeness (QED) is 0.427. The van der Waals surface area contributed by atoms with E-state index >= 15 is 0 Å². The number of nitrogens with zero attached hydrogens (tertiary/aromatic N) is 3. The molecule has 2 aromatic carbocycles. The van der Waals surface area contributed by atoms with Gasteiger partial charge in [-0.3, -0.25) is 4.98 Å². The Morgan fingerprint density at radius 2 is 1.48 bits per heavy atom. The van der Waals surface area contributed by atoms with Crippen molar-refractivity contribution < 1.29 is 4.70 Å². The van der Waals surface area contributed by atoms with E-state index in [-0.39, 0.29) is 11.5 Å². The second kappa shape index (κ2) is 8.12. The standard InChI is InChI=1S/C26H28N3/c1-4-26(5-2,24-18-12-17-23(27-24)21-13-8-6-9-14-21)25-19-20(3)29(28-25)22-15-10-7-11-16-22/h6-20H,4-5H2,1-3H3/q+1. The highest BCUT2D eigenvalue weighted by Crippen LogP contribution is 2.42. The SMILES string of the molecule is CCC(CC)(C1=CC(C)[N+](c2ccccc2)=N1)c1cccc(-c2ccccc2)n1. The Kier molecular flexibility index (Phi) is 5.39. The summed E-state index contributed by atoms with van der Waals surface area (Å²) in [5.41, 5.74) is 5.31. The monoisotopic (exact) mass is 382 g/mol. The van der Waals surface area contributed by atoms with Gasteiger partial charge in [0.2, 0.25) is 11.7 Å². The van der Waals surface area contributed by atoms with E-state index in [1.165, 1.54) is 0 Å². The molecule has 1 aliphatic heterocycles. The molecule has 1 aliphatic rings. The number of rotatable bonds is 6. The van der Waals surface area contributed by atoms with Gasteiger partial charge in [0.1, 0.15) is 5.70 Å². The van der Waals surface area contributed by atoms with Crippen molar-refractivity contribution in [1.29, 1.82) is 0 Å². The van der Waals surface area contributed by atoms with Crippen molar-refractivity contribution in [1.82, 2.24) is 4.98 Å². The summed E-state index contributed by atoms with van der Waals surface area (Å²) in [6, 6.07) is 27.4. The fourth-order valence-electron chi connectivity index (χ4n) is 4.24. The first-order valence-electron chi connectivity index (χ1n) is 10.5. The van der Waals surface area contributed by atoms with Crippen LogP contribution >= 0.6 is 0 Å². The van der Waals surface area contributed by atoms with Crippen LogP contribution in [0.15, 0.2) is 95.8 Å². The van der Waals surface area contributed by atoms with Crippen LogP contribution in [0.25, 0.3) is 11.3 Å². The second-order valence-electron chi connectivity index (χ2n) is 7.64. The molecule has 2 heterocycles. The van der Waals surface area contributed by atoms with Crippen molar-refractivity contribution in [3.05, 3.63) is 96.3 Å². The number of hydrogen-bond donors (Lipinski definition) is 0. The first-order valence-corrected chi connectivity index (χ1v) is 10.5. The van der Waals surface area contributed by atoms with Gasteiger partial charge in [0.25, 0.3) is 0 Å². The summed E-state index contributed by atoms with van der Waals surface area (Å²) in [6.07, 6.45) is 4.22. The number of azo groups is 2. The summed E-state index contributed by atoms with van der Waals surface area (Å²) in [6.45, 7) is 6.69. The highest BCUT2D eigenvalue weighted by molar-refractivity contribution is 5.59. The van der Waals surface area contributed by atoms with Crippen LogP contribution in [0, 0.1) is 0 Å². The van der Waals surface area contributed by atoms with Gasteiger partial charge in [-0.05, 0) is 30.1 Å². The van der Waals surface area contributed by atoms with Crippen LogP contribution in [0.5, 0.6) is 0 Å². The van der Waals surface area contributed by atoms with Crippen molar-refractivity contribution in [3.8, 4) is 11.3 Å². The summed E-state index contributed by atoms with van der Waals surface area (Å²) >= 11 is 0. The lowest BCUT2D eigenvalue weighted by Gasteiger charge is -2.29. The van der Waals surface area contributed by atoms with Crippen molar-refractivity contribution >= 4 is 5.69 Å². The van der Waals surface area contributed by atoms with Gasteiger partial charge in [-0.25, -0.2) is 0 Å². The molecule has 3 nitrogen and oxygen atoms in total. The Morgan fingerprint density at radius 3 is 2.14 bits per heavy atom. The minimum Gasteiger partial charge on any atom is -0.252 e. The van der Waals surface area contributed by atoms with Crippen LogP contribution in [0.4, 0.5) is 5.69 Å². The molecule has 0 radical (unpaired) electrons. The zero-order valence-electron chi connectivity index (χ0n) is 17.4. The Bertz CT molecular complexity index is 1030. The van der Waals surface area contributed by atoms with E-state index in [1.54, 1.807) is 0 Å². The van der Waals surface area contributed by atoms with E-state index < -0.39 is 0 Å². The molecule has 0 bridgehead atoms. The highest BCUT2D eigenvalue weighted by atomic mass is 15.3. The largest absolute Gasteiger partial charge is 0.252 e. The third kappa shape index (κ3) is 3.53. The molecule has 0 aliphatic carbocycles. The fraction of sp³-hybridized carbons (Fsp3) is 0.269. The van der Waals surface area contributed by atoms with Crippen molar-refractivity contribution in [2.45, 2.75) is 45.1 Å². The molecule has 29 heavy (non-hydrogen) atoms. The molecule has 3 aromatic rings. The lowest BCUT2D eigenvalue weighted by Crippen LogP contribution is -2.27. The Balaban J connectivity index is 1.78. The maximum atomic E-state index is 5.11. The minimum absolute atomic E-state index is 0.192. The maximum Gasteiger partial charge on any atom is 0.232 e. The van der Waals surface area contributed by atoms with Gasteiger partial charge in [-0.2, -0.15) is 0 Å². The first kappa shape index (κ1) is 19.3. The molecule has 0 saturated heterocycles. The molecule has 0 fully saturated rings. The maximum absolute atomic E-state index is 5.11. The molecule has 0 amide bonds. The van der Waals surface area contributed by atoms with E-state index in [1.807, 2.05) is 12.1 Å². The predicted octanol–water partition coefficient (Wildman–Crippen LogP) is 6.89. The molecule has 0 N–H and O–H groups in total. The highest BCUT2D eigenvalue weighted by Gasteiger charge is 2.41. The molecule has 3 heteroatoms. The lowest BCUT2D eigenvalue weighted by atomic mass is 9.75. The summed E-state index contributed by atoms with van der Waals surface area (Å²) in [7, 11) is 0. The molecular weight excluding hydrogens is 354 g/mol. The summed E-state index contributed by atoms with van der Waals surface area (Å²) in [5.74, 6) is 0. The van der Waals surface area contributed by atoms with Gasteiger partial charge in [0, 0.05) is 30.7 Å². The van der Waals surface area contributed by atoms with Crippen molar-refractivity contribution in [2.24, 2.45) is 5.11 Å². The van der Waals surface area contributed by atoms with Gasteiger partial charge in [-0.1, -0.05) is 73.1 Å². The Labute approximate surface area is 173 Å². The normalized spacial score (nSPS) is 16.4. The summed E-state index contributed by atoms with van der Waals surface area (Å²) in [4.78, 5) is 5.11. The average molecular weight is 383 g/mol. The van der Waals surface area contributed by atoms with Gasteiger partial charge in [0.15, 0.2) is 0 Å². The number of allylic oxidation sites excluding steroid dienone is 1. The third-order valence-electron chi connectivity index (χ3n) is 6.03. The van der Waals surface area contributed by atoms with E-state index in [0.717, 1.165) is 41.2 Å². The van der Waals surface area contributed by atoms with E-state index in [4.69, 9.17) is 10.1 Å². The zero-order chi connectivity index (χ0) is 20.3. The predicted molar refractivity (Wildman–Crippen MR) is 118 cm³/mol. The van der Waals surface area contributed by atoms with Gasteiger partial charge < -0.3 is 0 Å². The van der Waals surface area contributed by atoms with Crippen LogP contribution in [0.1, 0.15) is 39.3 Å². The van der Waals surface area contributed by atoms with Gasteiger partial charge in [-0.15, -0.1) is 0 Å². The Hall–Kier alpha value is -3.07. The van der Waals surface area contributed by atoms with Crippen LogP contribution < -0.4 is 0 Å². The third-order valence-corrected chi connectivity index (χ3v) is 6.03. The van der Waals surface area contributed by atoms with Crippen LogP contribution in [0.2, 0.25) is 0 Å². The van der Waals surface area contributed by atoms with E-state index in [0.29, 0.717) is 0 Å². The number of benzene rings is 2. The van der Waals surface area contributed by atoms with Crippen molar-refractivity contribution in [2.75, 3.05) is 0 Å². The number of aromatic nitrogens is 1. The number of para-hydroxylation sites is 1. The molecule has 1 unspecified atom stereocenters. The summed E-state index contributed by atoms with van der Waals surface area (Å²) < 4.78 is 2.12. The van der Waals surface area contributed by atoms with Crippen LogP contribution in [-0.4, -0.2) is 15.7 Å². The minimum atomic E-state index is -0.192. The molecular formula is C26H28N3+. The van der Waals surface area contributed by atoms with E-state index in [9.17, 15) is 0 Å². The number of pyridine rings is 1.